The number of rotatable bonds is 5. The van der Waals surface area contributed by atoms with E-state index in [0.717, 1.165) is 44.7 Å². The molecule has 6 nitrogen and oxygen atoms in total. The van der Waals surface area contributed by atoms with E-state index in [0.29, 0.717) is 18.3 Å². The fourth-order valence-electron chi connectivity index (χ4n) is 3.05. The SMILES string of the molecule is CCCC(CN)N1CCN(C(=O)c2cc(C)nn2C)CC1. The number of nitrogens with two attached hydrogens (primary N) is 1. The van der Waals surface area contributed by atoms with Gasteiger partial charge >= 0.3 is 0 Å². The largest absolute Gasteiger partial charge is 0.335 e. The van der Waals surface area contributed by atoms with Gasteiger partial charge in [-0.1, -0.05) is 13.3 Å². The molecule has 0 radical (unpaired) electrons. The van der Waals surface area contributed by atoms with Gasteiger partial charge in [0.05, 0.1) is 5.69 Å². The summed E-state index contributed by atoms with van der Waals surface area (Å²) >= 11 is 0. The number of hydrogen-bond donors (Lipinski definition) is 1. The molecule has 1 unspecified atom stereocenters. The van der Waals surface area contributed by atoms with Gasteiger partial charge in [-0.05, 0) is 19.4 Å². The van der Waals surface area contributed by atoms with Crippen LogP contribution in [0.3, 0.4) is 0 Å². The van der Waals surface area contributed by atoms with E-state index in [1.54, 1.807) is 4.68 Å². The summed E-state index contributed by atoms with van der Waals surface area (Å²) in [6, 6.07) is 2.31. The number of amides is 1. The second-order valence-electron chi connectivity index (χ2n) is 5.80. The van der Waals surface area contributed by atoms with Gasteiger partial charge in [0.2, 0.25) is 0 Å². The van der Waals surface area contributed by atoms with Crippen LogP contribution in [0.2, 0.25) is 0 Å². The molecule has 1 aromatic heterocycles. The third-order valence-corrected chi connectivity index (χ3v) is 4.23. The van der Waals surface area contributed by atoms with Crippen molar-refractivity contribution in [2.75, 3.05) is 32.7 Å². The molecular weight excluding hydrogens is 266 g/mol. The maximum atomic E-state index is 12.5. The number of aryl methyl sites for hydroxylation is 2. The van der Waals surface area contributed by atoms with E-state index in [1.165, 1.54) is 0 Å². The predicted octanol–water partition coefficient (Wildman–Crippen LogP) is 0.614. The van der Waals surface area contributed by atoms with Crippen LogP contribution in [0.4, 0.5) is 0 Å². The molecule has 0 aromatic carbocycles. The fraction of sp³-hybridized carbons (Fsp3) is 0.733. The lowest BCUT2D eigenvalue weighted by atomic mass is 10.1. The summed E-state index contributed by atoms with van der Waals surface area (Å²) < 4.78 is 1.67. The molecule has 1 aliphatic rings. The summed E-state index contributed by atoms with van der Waals surface area (Å²) in [7, 11) is 1.82. The molecule has 0 aliphatic carbocycles. The molecule has 6 heteroatoms. The Labute approximate surface area is 126 Å². The molecule has 2 N–H and O–H groups in total. The van der Waals surface area contributed by atoms with Gasteiger partial charge in [0.25, 0.3) is 5.91 Å². The maximum Gasteiger partial charge on any atom is 0.272 e. The van der Waals surface area contributed by atoms with E-state index >= 15 is 0 Å². The Morgan fingerprint density at radius 1 is 1.38 bits per heavy atom. The minimum Gasteiger partial charge on any atom is -0.335 e. The lowest BCUT2D eigenvalue weighted by Crippen LogP contribution is -2.53. The van der Waals surface area contributed by atoms with Crippen molar-refractivity contribution >= 4 is 5.91 Å². The van der Waals surface area contributed by atoms with Crippen LogP contribution in [-0.2, 0) is 7.05 Å². The van der Waals surface area contributed by atoms with Crippen molar-refractivity contribution in [3.8, 4) is 0 Å². The number of piperazine rings is 1. The quantitative estimate of drug-likeness (QED) is 0.864. The number of carbonyl (C=O) groups is 1. The minimum absolute atomic E-state index is 0.0811. The first-order valence-corrected chi connectivity index (χ1v) is 7.80. The second-order valence-corrected chi connectivity index (χ2v) is 5.80. The molecule has 1 amide bonds. The van der Waals surface area contributed by atoms with Gasteiger partial charge in [-0.25, -0.2) is 0 Å². The maximum absolute atomic E-state index is 12.5. The standard InChI is InChI=1S/C15H27N5O/c1-4-5-13(11-16)19-6-8-20(9-7-19)15(21)14-10-12(2)17-18(14)3/h10,13H,4-9,11,16H2,1-3H3. The second kappa shape index (κ2) is 7.04. The molecular formula is C15H27N5O. The zero-order valence-electron chi connectivity index (χ0n) is 13.4. The summed E-state index contributed by atoms with van der Waals surface area (Å²) in [5.41, 5.74) is 7.42. The van der Waals surface area contributed by atoms with Crippen molar-refractivity contribution < 1.29 is 4.79 Å². The van der Waals surface area contributed by atoms with Crippen molar-refractivity contribution in [3.63, 3.8) is 0 Å². The summed E-state index contributed by atoms with van der Waals surface area (Å²) in [6.45, 7) is 8.14. The van der Waals surface area contributed by atoms with Crippen molar-refractivity contribution in [2.24, 2.45) is 12.8 Å². The van der Waals surface area contributed by atoms with Crippen molar-refractivity contribution in [2.45, 2.75) is 32.7 Å². The van der Waals surface area contributed by atoms with Crippen LogP contribution < -0.4 is 5.73 Å². The normalized spacial score (nSPS) is 18.0. The first-order valence-electron chi connectivity index (χ1n) is 7.80. The van der Waals surface area contributed by atoms with Gasteiger partial charge in [-0.3, -0.25) is 14.4 Å². The van der Waals surface area contributed by atoms with Crippen LogP contribution in [0.15, 0.2) is 6.07 Å². The highest BCUT2D eigenvalue weighted by Gasteiger charge is 2.26. The van der Waals surface area contributed by atoms with Gasteiger partial charge in [0.1, 0.15) is 5.69 Å². The lowest BCUT2D eigenvalue weighted by molar-refractivity contribution is 0.0556. The third kappa shape index (κ3) is 3.63. The van der Waals surface area contributed by atoms with E-state index < -0.39 is 0 Å². The van der Waals surface area contributed by atoms with Gasteiger partial charge in [0.15, 0.2) is 0 Å². The van der Waals surface area contributed by atoms with E-state index in [2.05, 4.69) is 16.9 Å². The van der Waals surface area contributed by atoms with E-state index in [-0.39, 0.29) is 5.91 Å². The molecule has 2 heterocycles. The molecule has 1 aromatic rings. The van der Waals surface area contributed by atoms with Crippen LogP contribution in [-0.4, -0.2) is 64.3 Å². The zero-order chi connectivity index (χ0) is 15.4. The van der Waals surface area contributed by atoms with Crippen LogP contribution in [0.25, 0.3) is 0 Å². The van der Waals surface area contributed by atoms with Gasteiger partial charge in [-0.2, -0.15) is 5.10 Å². The molecule has 0 bridgehead atoms. The van der Waals surface area contributed by atoms with Gasteiger partial charge in [-0.15, -0.1) is 0 Å². The highest BCUT2D eigenvalue weighted by molar-refractivity contribution is 5.92. The minimum atomic E-state index is 0.0811. The molecule has 21 heavy (non-hydrogen) atoms. The topological polar surface area (TPSA) is 67.4 Å². The Morgan fingerprint density at radius 2 is 2.05 bits per heavy atom. The van der Waals surface area contributed by atoms with E-state index in [9.17, 15) is 4.79 Å². The lowest BCUT2D eigenvalue weighted by Gasteiger charge is -2.38. The highest BCUT2D eigenvalue weighted by atomic mass is 16.2. The summed E-state index contributed by atoms with van der Waals surface area (Å²) in [5, 5.41) is 4.25. The van der Waals surface area contributed by atoms with Crippen molar-refractivity contribution in [3.05, 3.63) is 17.5 Å². The molecule has 2 rings (SSSR count). The predicted molar refractivity (Wildman–Crippen MR) is 83.2 cm³/mol. The average molecular weight is 293 g/mol. The Kier molecular flexibility index (Phi) is 5.36. The molecule has 0 spiro atoms. The molecule has 1 saturated heterocycles. The third-order valence-electron chi connectivity index (χ3n) is 4.23. The van der Waals surface area contributed by atoms with Gasteiger partial charge in [0, 0.05) is 45.8 Å². The van der Waals surface area contributed by atoms with Crippen LogP contribution in [0.5, 0.6) is 0 Å². The number of aromatic nitrogens is 2. The summed E-state index contributed by atoms with van der Waals surface area (Å²) in [4.78, 5) is 16.9. The Bertz CT molecular complexity index is 476. The first kappa shape index (κ1) is 16.0. The van der Waals surface area contributed by atoms with E-state index in [1.807, 2.05) is 24.9 Å². The zero-order valence-corrected chi connectivity index (χ0v) is 13.4. The highest BCUT2D eigenvalue weighted by Crippen LogP contribution is 2.13. The number of carbonyl (C=O) groups excluding carboxylic acids is 1. The fourth-order valence-corrected chi connectivity index (χ4v) is 3.05. The van der Waals surface area contributed by atoms with Crippen LogP contribution in [0.1, 0.15) is 35.9 Å². The monoisotopic (exact) mass is 293 g/mol. The first-order chi connectivity index (χ1) is 10.1. The Balaban J connectivity index is 1.94. The Morgan fingerprint density at radius 3 is 2.52 bits per heavy atom. The number of hydrogen-bond acceptors (Lipinski definition) is 4. The van der Waals surface area contributed by atoms with Crippen molar-refractivity contribution in [1.82, 2.24) is 19.6 Å². The average Bonchev–Trinajstić information content (AvgIpc) is 2.83. The van der Waals surface area contributed by atoms with Crippen molar-refractivity contribution in [1.29, 1.82) is 0 Å². The molecule has 118 valence electrons. The molecule has 1 atom stereocenters. The van der Waals surface area contributed by atoms with E-state index in [4.69, 9.17) is 5.73 Å². The number of nitrogens with zero attached hydrogens (tertiary/aromatic N) is 4. The molecule has 0 saturated carbocycles. The van der Waals surface area contributed by atoms with Crippen LogP contribution >= 0.6 is 0 Å². The van der Waals surface area contributed by atoms with Crippen LogP contribution in [0, 0.1) is 6.92 Å². The summed E-state index contributed by atoms with van der Waals surface area (Å²) in [5.74, 6) is 0.0811. The molecule has 1 aliphatic heterocycles. The molecule has 1 fully saturated rings. The summed E-state index contributed by atoms with van der Waals surface area (Å²) in [6.07, 6.45) is 2.28. The van der Waals surface area contributed by atoms with Gasteiger partial charge < -0.3 is 10.6 Å². The smallest absolute Gasteiger partial charge is 0.272 e. The Hall–Kier alpha value is -1.40.